The molecule has 1 saturated carbocycles. The van der Waals surface area contributed by atoms with E-state index in [1.807, 2.05) is 6.07 Å². The highest BCUT2D eigenvalue weighted by molar-refractivity contribution is 5.19. The summed E-state index contributed by atoms with van der Waals surface area (Å²) in [6, 6.07) is 8.56. The fourth-order valence-corrected chi connectivity index (χ4v) is 2.74. The highest BCUT2D eigenvalue weighted by Crippen LogP contribution is 2.31. The Bertz CT molecular complexity index is 369. The number of hydrogen-bond acceptors (Lipinski definition) is 1. The fourth-order valence-electron chi connectivity index (χ4n) is 2.74. The molecule has 1 aliphatic carbocycles. The van der Waals surface area contributed by atoms with Gasteiger partial charge in [-0.3, -0.25) is 0 Å². The third kappa shape index (κ3) is 4.86. The lowest BCUT2D eigenvalue weighted by Crippen LogP contribution is -2.36. The van der Waals surface area contributed by atoms with E-state index < -0.39 is 18.6 Å². The first kappa shape index (κ1) is 14.4. The molecule has 0 aliphatic heterocycles. The van der Waals surface area contributed by atoms with Crippen LogP contribution in [-0.2, 0) is 0 Å². The highest BCUT2D eigenvalue weighted by atomic mass is 19.4. The Morgan fingerprint density at radius 2 is 1.68 bits per heavy atom. The number of halogens is 3. The van der Waals surface area contributed by atoms with Crippen molar-refractivity contribution in [3.8, 4) is 0 Å². The molecule has 0 radical (unpaired) electrons. The lowest BCUT2D eigenvalue weighted by Gasteiger charge is -2.29. The van der Waals surface area contributed by atoms with Crippen LogP contribution in [0.5, 0.6) is 0 Å². The van der Waals surface area contributed by atoms with Crippen LogP contribution >= 0.6 is 0 Å². The zero-order chi connectivity index (χ0) is 13.7. The SMILES string of the molecule is FC(F)(F)CC(NC1CCCCC1)c1ccccc1. The second-order valence-electron chi connectivity index (χ2n) is 5.28. The van der Waals surface area contributed by atoms with Crippen molar-refractivity contribution < 1.29 is 13.2 Å². The van der Waals surface area contributed by atoms with Crippen molar-refractivity contribution in [3.63, 3.8) is 0 Å². The average Bonchev–Trinajstić information content (AvgIpc) is 2.39. The maximum absolute atomic E-state index is 12.7. The van der Waals surface area contributed by atoms with E-state index in [1.165, 1.54) is 6.42 Å². The number of rotatable bonds is 4. The topological polar surface area (TPSA) is 12.0 Å². The van der Waals surface area contributed by atoms with E-state index in [9.17, 15) is 13.2 Å². The van der Waals surface area contributed by atoms with Gasteiger partial charge in [0.25, 0.3) is 0 Å². The summed E-state index contributed by atoms with van der Waals surface area (Å²) >= 11 is 0. The molecular formula is C15H20F3N. The summed E-state index contributed by atoms with van der Waals surface area (Å²) in [4.78, 5) is 0. The van der Waals surface area contributed by atoms with Crippen LogP contribution in [0, 0.1) is 0 Å². The third-order valence-electron chi connectivity index (χ3n) is 3.68. The van der Waals surface area contributed by atoms with Crippen LogP contribution in [0.3, 0.4) is 0 Å². The molecule has 19 heavy (non-hydrogen) atoms. The predicted octanol–water partition coefficient (Wildman–Crippen LogP) is 4.60. The number of benzene rings is 1. The van der Waals surface area contributed by atoms with Gasteiger partial charge in [-0.15, -0.1) is 0 Å². The van der Waals surface area contributed by atoms with E-state index in [4.69, 9.17) is 0 Å². The van der Waals surface area contributed by atoms with Gasteiger partial charge < -0.3 is 5.32 Å². The second kappa shape index (κ2) is 6.42. The monoisotopic (exact) mass is 271 g/mol. The number of hydrogen-bond donors (Lipinski definition) is 1. The Hall–Kier alpha value is -1.03. The molecular weight excluding hydrogens is 251 g/mol. The molecule has 1 aromatic rings. The Kier molecular flexibility index (Phi) is 4.86. The van der Waals surface area contributed by atoms with Gasteiger partial charge in [0.15, 0.2) is 0 Å². The molecule has 0 bridgehead atoms. The van der Waals surface area contributed by atoms with E-state index in [1.54, 1.807) is 24.3 Å². The summed E-state index contributed by atoms with van der Waals surface area (Å²) in [7, 11) is 0. The minimum absolute atomic E-state index is 0.223. The first-order chi connectivity index (χ1) is 9.04. The minimum Gasteiger partial charge on any atom is -0.307 e. The summed E-state index contributed by atoms with van der Waals surface area (Å²) < 4.78 is 38.1. The van der Waals surface area contributed by atoms with Crippen LogP contribution in [0.2, 0.25) is 0 Å². The summed E-state index contributed by atoms with van der Waals surface area (Å²) in [5.74, 6) is 0. The Morgan fingerprint density at radius 1 is 1.05 bits per heavy atom. The summed E-state index contributed by atoms with van der Waals surface area (Å²) in [5, 5.41) is 3.21. The highest BCUT2D eigenvalue weighted by Gasteiger charge is 2.33. The van der Waals surface area contributed by atoms with Crippen molar-refractivity contribution in [1.82, 2.24) is 5.32 Å². The molecule has 1 fully saturated rings. The third-order valence-corrected chi connectivity index (χ3v) is 3.68. The van der Waals surface area contributed by atoms with Gasteiger partial charge in [0, 0.05) is 12.1 Å². The number of alkyl halides is 3. The first-order valence-corrected chi connectivity index (χ1v) is 6.92. The molecule has 0 amide bonds. The maximum atomic E-state index is 12.7. The quantitative estimate of drug-likeness (QED) is 0.843. The Balaban J connectivity index is 2.05. The zero-order valence-corrected chi connectivity index (χ0v) is 10.9. The molecule has 1 aliphatic rings. The molecule has 4 heteroatoms. The van der Waals surface area contributed by atoms with Crippen molar-refractivity contribution in [2.45, 2.75) is 56.8 Å². The molecule has 2 rings (SSSR count). The number of nitrogens with one attached hydrogen (secondary N) is 1. The van der Waals surface area contributed by atoms with Crippen molar-refractivity contribution in [2.75, 3.05) is 0 Å². The van der Waals surface area contributed by atoms with E-state index in [0.29, 0.717) is 0 Å². The van der Waals surface area contributed by atoms with Crippen molar-refractivity contribution >= 4 is 0 Å². The van der Waals surface area contributed by atoms with Crippen molar-refractivity contribution in [1.29, 1.82) is 0 Å². The van der Waals surface area contributed by atoms with E-state index >= 15 is 0 Å². The van der Waals surface area contributed by atoms with Gasteiger partial charge in [-0.25, -0.2) is 0 Å². The molecule has 1 atom stereocenters. The van der Waals surface area contributed by atoms with Gasteiger partial charge >= 0.3 is 6.18 Å². The van der Waals surface area contributed by atoms with Gasteiger partial charge in [-0.05, 0) is 18.4 Å². The van der Waals surface area contributed by atoms with Crippen LogP contribution < -0.4 is 5.32 Å². The molecule has 106 valence electrons. The zero-order valence-electron chi connectivity index (χ0n) is 10.9. The van der Waals surface area contributed by atoms with Crippen LogP contribution in [0.4, 0.5) is 13.2 Å². The first-order valence-electron chi connectivity index (χ1n) is 6.92. The summed E-state index contributed by atoms with van der Waals surface area (Å²) in [6.45, 7) is 0. The smallest absolute Gasteiger partial charge is 0.307 e. The van der Waals surface area contributed by atoms with Crippen LogP contribution in [0.25, 0.3) is 0 Å². The van der Waals surface area contributed by atoms with E-state index in [-0.39, 0.29) is 6.04 Å². The van der Waals surface area contributed by atoms with E-state index in [2.05, 4.69) is 5.32 Å². The Morgan fingerprint density at radius 3 is 2.26 bits per heavy atom. The second-order valence-corrected chi connectivity index (χ2v) is 5.28. The van der Waals surface area contributed by atoms with Crippen molar-refractivity contribution in [3.05, 3.63) is 35.9 Å². The molecule has 1 N–H and O–H groups in total. The van der Waals surface area contributed by atoms with Gasteiger partial charge in [-0.2, -0.15) is 13.2 Å². The van der Waals surface area contributed by atoms with Crippen LogP contribution in [0.15, 0.2) is 30.3 Å². The van der Waals surface area contributed by atoms with Crippen LogP contribution in [0.1, 0.15) is 50.1 Å². The standard InChI is InChI=1S/C15H20F3N/c16-15(17,18)11-14(12-7-3-1-4-8-12)19-13-9-5-2-6-10-13/h1,3-4,7-8,13-14,19H,2,5-6,9-11H2. The minimum atomic E-state index is -4.14. The summed E-state index contributed by atoms with van der Waals surface area (Å²) in [6.07, 6.45) is 0.474. The molecule has 0 heterocycles. The lowest BCUT2D eigenvalue weighted by atomic mass is 9.93. The van der Waals surface area contributed by atoms with Gasteiger partial charge in [0.05, 0.1) is 6.42 Å². The fraction of sp³-hybridized carbons (Fsp3) is 0.600. The van der Waals surface area contributed by atoms with Crippen LogP contribution in [-0.4, -0.2) is 12.2 Å². The molecule has 1 unspecified atom stereocenters. The maximum Gasteiger partial charge on any atom is 0.390 e. The summed E-state index contributed by atoms with van der Waals surface area (Å²) in [5.41, 5.74) is 0.727. The normalized spacial score (nSPS) is 19.3. The largest absolute Gasteiger partial charge is 0.390 e. The molecule has 0 saturated heterocycles. The van der Waals surface area contributed by atoms with Crippen molar-refractivity contribution in [2.24, 2.45) is 0 Å². The molecule has 1 aromatic carbocycles. The Labute approximate surface area is 112 Å². The lowest BCUT2D eigenvalue weighted by molar-refractivity contribution is -0.141. The molecule has 0 spiro atoms. The van der Waals surface area contributed by atoms with Gasteiger partial charge in [0.1, 0.15) is 0 Å². The van der Waals surface area contributed by atoms with Gasteiger partial charge in [-0.1, -0.05) is 49.6 Å². The molecule has 0 aromatic heterocycles. The molecule has 1 nitrogen and oxygen atoms in total. The van der Waals surface area contributed by atoms with E-state index in [0.717, 1.165) is 31.2 Å². The van der Waals surface area contributed by atoms with Gasteiger partial charge in [0.2, 0.25) is 0 Å². The predicted molar refractivity (Wildman–Crippen MR) is 69.9 cm³/mol. The average molecular weight is 271 g/mol.